The Morgan fingerprint density at radius 2 is 1.63 bits per heavy atom. The van der Waals surface area contributed by atoms with Crippen LogP contribution in [0.3, 0.4) is 0 Å². The molecule has 0 spiro atoms. The third kappa shape index (κ3) is 6.56. The van der Waals surface area contributed by atoms with Gasteiger partial charge in [-0.25, -0.2) is 16.8 Å². The third-order valence-electron chi connectivity index (χ3n) is 5.90. The topological polar surface area (TPSA) is 131 Å². The summed E-state index contributed by atoms with van der Waals surface area (Å²) >= 11 is 0. The number of hydrogen-bond donors (Lipinski definition) is 2. The van der Waals surface area contributed by atoms with E-state index in [0.717, 1.165) is 17.4 Å². The molecule has 38 heavy (non-hydrogen) atoms. The van der Waals surface area contributed by atoms with Crippen LogP contribution in [-0.2, 0) is 24.8 Å². The second-order valence-corrected chi connectivity index (χ2v) is 12.6. The summed E-state index contributed by atoms with van der Waals surface area (Å²) in [4.78, 5) is 12.5. The maximum Gasteiger partial charge on any atom is 0.261 e. The van der Waals surface area contributed by atoms with Gasteiger partial charge in [-0.15, -0.1) is 0 Å². The molecule has 1 aliphatic heterocycles. The quantitative estimate of drug-likeness (QED) is 0.384. The predicted molar refractivity (Wildman–Crippen MR) is 146 cm³/mol. The van der Waals surface area contributed by atoms with Crippen molar-refractivity contribution < 1.29 is 31.1 Å². The molecule has 0 aromatic heterocycles. The van der Waals surface area contributed by atoms with Crippen LogP contribution < -0.4 is 23.8 Å². The van der Waals surface area contributed by atoms with Crippen molar-refractivity contribution in [1.29, 1.82) is 0 Å². The number of ether oxygens (including phenoxy) is 2. The van der Waals surface area contributed by atoms with Crippen LogP contribution in [-0.4, -0.2) is 42.3 Å². The molecular formula is C26H29N3O7S2. The lowest BCUT2D eigenvalue weighted by Crippen LogP contribution is -2.31. The van der Waals surface area contributed by atoms with E-state index in [9.17, 15) is 21.6 Å². The third-order valence-corrected chi connectivity index (χ3v) is 8.47. The van der Waals surface area contributed by atoms with E-state index >= 15 is 0 Å². The zero-order valence-corrected chi connectivity index (χ0v) is 22.9. The van der Waals surface area contributed by atoms with Gasteiger partial charge >= 0.3 is 0 Å². The zero-order chi connectivity index (χ0) is 27.5. The maximum atomic E-state index is 12.8. The summed E-state index contributed by atoms with van der Waals surface area (Å²) in [7, 11) is -7.40. The Bertz CT molecular complexity index is 1550. The van der Waals surface area contributed by atoms with Gasteiger partial charge in [0.05, 0.1) is 22.5 Å². The lowest BCUT2D eigenvalue weighted by Gasteiger charge is -2.22. The molecule has 1 heterocycles. The molecule has 0 atom stereocenters. The number of fused-ring (bicyclic) bond motifs is 1. The zero-order valence-electron chi connectivity index (χ0n) is 21.2. The van der Waals surface area contributed by atoms with Crippen LogP contribution in [0.5, 0.6) is 11.5 Å². The molecule has 3 aromatic rings. The fourth-order valence-corrected chi connectivity index (χ4v) is 5.98. The van der Waals surface area contributed by atoms with E-state index in [4.69, 9.17) is 9.47 Å². The van der Waals surface area contributed by atoms with Gasteiger partial charge in [0.2, 0.25) is 22.7 Å². The molecule has 0 aliphatic carbocycles. The molecule has 0 fully saturated rings. The van der Waals surface area contributed by atoms with Gasteiger partial charge in [-0.2, -0.15) is 0 Å². The first kappa shape index (κ1) is 27.3. The van der Waals surface area contributed by atoms with Crippen LogP contribution in [0.25, 0.3) is 0 Å². The molecule has 10 nitrogen and oxygen atoms in total. The van der Waals surface area contributed by atoms with Crippen molar-refractivity contribution in [2.75, 3.05) is 33.9 Å². The Morgan fingerprint density at radius 1 is 0.921 bits per heavy atom. The molecule has 0 radical (unpaired) electrons. The van der Waals surface area contributed by atoms with E-state index in [1.807, 2.05) is 26.0 Å². The number of nitrogens with one attached hydrogen (secondary N) is 2. The van der Waals surface area contributed by atoms with E-state index in [0.29, 0.717) is 28.6 Å². The van der Waals surface area contributed by atoms with Crippen LogP contribution in [0.15, 0.2) is 65.6 Å². The van der Waals surface area contributed by atoms with Crippen LogP contribution in [0.1, 0.15) is 24.0 Å². The van der Waals surface area contributed by atoms with Crippen molar-refractivity contribution in [3.8, 4) is 11.5 Å². The first-order valence-electron chi connectivity index (χ1n) is 11.8. The summed E-state index contributed by atoms with van der Waals surface area (Å²) in [6.07, 6.45) is 1.42. The fourth-order valence-electron chi connectivity index (χ4n) is 3.90. The number of aryl methyl sites for hydroxylation is 2. The number of amides is 1. The largest absolute Gasteiger partial charge is 0.454 e. The second-order valence-electron chi connectivity index (χ2n) is 8.97. The minimum atomic E-state index is -3.81. The number of carbonyl (C=O) groups excluding carboxylic acids is 1. The number of rotatable bonds is 10. The Kier molecular flexibility index (Phi) is 7.83. The number of nitrogens with zero attached hydrogens (tertiary/aromatic N) is 1. The number of sulfonamides is 2. The summed E-state index contributed by atoms with van der Waals surface area (Å²) in [6.45, 7) is 3.87. The minimum Gasteiger partial charge on any atom is -0.454 e. The van der Waals surface area contributed by atoms with Crippen molar-refractivity contribution in [1.82, 2.24) is 0 Å². The Labute approximate surface area is 222 Å². The highest BCUT2D eigenvalue weighted by Gasteiger charge is 2.22. The lowest BCUT2D eigenvalue weighted by molar-refractivity contribution is -0.116. The maximum absolute atomic E-state index is 12.8. The average molecular weight is 560 g/mol. The summed E-state index contributed by atoms with van der Waals surface area (Å²) in [5.74, 6) is 0.679. The first-order valence-corrected chi connectivity index (χ1v) is 15.1. The van der Waals surface area contributed by atoms with Crippen LogP contribution in [0.4, 0.5) is 17.1 Å². The Hall–Kier alpha value is -3.77. The summed E-state index contributed by atoms with van der Waals surface area (Å²) < 4.78 is 64.7. The average Bonchev–Trinajstić information content (AvgIpc) is 3.31. The summed E-state index contributed by atoms with van der Waals surface area (Å²) in [5, 5.41) is 2.71. The van der Waals surface area contributed by atoms with Gasteiger partial charge in [-0.05, 0) is 73.9 Å². The Balaban J connectivity index is 1.34. The van der Waals surface area contributed by atoms with E-state index in [1.165, 1.54) is 28.6 Å². The number of benzene rings is 3. The fraction of sp³-hybridized carbons (Fsp3) is 0.269. The standard InChI is InChI=1S/C26H29N3O7S2/c1-18-6-7-19(2)23(15-18)28-38(33,34)22-11-8-20(9-12-22)27-26(30)5-4-14-29(37(3,31)32)21-10-13-24-25(16-21)36-17-35-24/h6-13,15-16,28H,4-5,14,17H2,1-3H3,(H,27,30). The number of anilines is 3. The molecule has 4 rings (SSSR count). The van der Waals surface area contributed by atoms with Gasteiger partial charge in [-0.1, -0.05) is 12.1 Å². The normalized spacial score (nSPS) is 12.7. The molecule has 1 amide bonds. The highest BCUT2D eigenvalue weighted by molar-refractivity contribution is 7.92. The van der Waals surface area contributed by atoms with E-state index in [-0.39, 0.29) is 37.0 Å². The van der Waals surface area contributed by atoms with Gasteiger partial charge in [-0.3, -0.25) is 13.8 Å². The van der Waals surface area contributed by atoms with E-state index in [1.54, 1.807) is 24.3 Å². The van der Waals surface area contributed by atoms with Gasteiger partial charge in [0.1, 0.15) is 0 Å². The molecule has 2 N–H and O–H groups in total. The highest BCUT2D eigenvalue weighted by atomic mass is 32.2. The van der Waals surface area contributed by atoms with Crippen molar-refractivity contribution in [3.63, 3.8) is 0 Å². The number of hydrogen-bond acceptors (Lipinski definition) is 7. The first-order chi connectivity index (χ1) is 17.9. The minimum absolute atomic E-state index is 0.0592. The van der Waals surface area contributed by atoms with Crippen molar-refractivity contribution in [3.05, 3.63) is 71.8 Å². The molecule has 12 heteroatoms. The van der Waals surface area contributed by atoms with Crippen molar-refractivity contribution in [2.45, 2.75) is 31.6 Å². The SMILES string of the molecule is Cc1ccc(C)c(NS(=O)(=O)c2ccc(NC(=O)CCCN(c3ccc4c(c3)OCO4)S(C)(=O)=O)cc2)c1. The lowest BCUT2D eigenvalue weighted by atomic mass is 10.1. The molecule has 0 unspecified atom stereocenters. The molecule has 3 aromatic carbocycles. The smallest absolute Gasteiger partial charge is 0.261 e. The molecule has 0 saturated carbocycles. The van der Waals surface area contributed by atoms with Gasteiger partial charge in [0.25, 0.3) is 10.0 Å². The molecule has 1 aliphatic rings. The van der Waals surface area contributed by atoms with Crippen molar-refractivity contribution >= 4 is 43.0 Å². The summed E-state index contributed by atoms with van der Waals surface area (Å²) in [5.41, 5.74) is 3.09. The number of carbonyl (C=O) groups is 1. The van der Waals surface area contributed by atoms with Crippen molar-refractivity contribution in [2.24, 2.45) is 0 Å². The molecular weight excluding hydrogens is 530 g/mol. The van der Waals surface area contributed by atoms with Crippen LogP contribution in [0, 0.1) is 13.8 Å². The molecule has 202 valence electrons. The summed E-state index contributed by atoms with van der Waals surface area (Å²) in [6, 6.07) is 16.2. The van der Waals surface area contributed by atoms with Gasteiger partial charge in [0, 0.05) is 24.7 Å². The molecule has 0 saturated heterocycles. The monoisotopic (exact) mass is 559 g/mol. The van der Waals surface area contributed by atoms with E-state index < -0.39 is 20.0 Å². The highest BCUT2D eigenvalue weighted by Crippen LogP contribution is 2.36. The van der Waals surface area contributed by atoms with Gasteiger partial charge in [0.15, 0.2) is 11.5 Å². The van der Waals surface area contributed by atoms with Crippen LogP contribution >= 0.6 is 0 Å². The predicted octanol–water partition coefficient (Wildman–Crippen LogP) is 4.02. The second kappa shape index (κ2) is 10.9. The van der Waals surface area contributed by atoms with Gasteiger partial charge < -0.3 is 14.8 Å². The van der Waals surface area contributed by atoms with Crippen LogP contribution in [0.2, 0.25) is 0 Å². The molecule has 0 bridgehead atoms. The van der Waals surface area contributed by atoms with E-state index in [2.05, 4.69) is 10.0 Å². The Morgan fingerprint density at radius 3 is 2.34 bits per heavy atom.